The summed E-state index contributed by atoms with van der Waals surface area (Å²) >= 11 is 0. The highest BCUT2D eigenvalue weighted by Gasteiger charge is 2.40. The number of pyridine rings is 1. The first-order valence-corrected chi connectivity index (χ1v) is 9.90. The van der Waals surface area contributed by atoms with Crippen molar-refractivity contribution in [2.24, 2.45) is 0 Å². The summed E-state index contributed by atoms with van der Waals surface area (Å²) in [6.07, 6.45) is 2.57. The Morgan fingerprint density at radius 2 is 1.62 bits per heavy atom. The van der Waals surface area contributed by atoms with Crippen LogP contribution in [0.25, 0.3) is 21.8 Å². The molecule has 0 fully saturated rings. The van der Waals surface area contributed by atoms with Crippen LogP contribution in [0.4, 0.5) is 0 Å². The van der Waals surface area contributed by atoms with Gasteiger partial charge in [0.25, 0.3) is 11.8 Å². The molecule has 0 spiro atoms. The number of benzene rings is 2. The number of hydrogen-bond donors (Lipinski definition) is 1. The number of H-pyrrole nitrogens is 1. The average molecular weight is 383 g/mol. The second-order valence-electron chi connectivity index (χ2n) is 7.79. The van der Waals surface area contributed by atoms with E-state index >= 15 is 0 Å². The Morgan fingerprint density at radius 3 is 2.41 bits per heavy atom. The fourth-order valence-corrected chi connectivity index (χ4v) is 4.22. The molecule has 2 aromatic carbocycles. The SMILES string of the molecule is CC(C)c1nc2ccccc2c2c1C(=O)N(CCc1c[nH]c3ccccc13)C2=O. The number of nitrogens with one attached hydrogen (secondary N) is 1. The van der Waals surface area contributed by atoms with Crippen molar-refractivity contribution in [2.75, 3.05) is 6.54 Å². The van der Waals surface area contributed by atoms with Gasteiger partial charge in [0.15, 0.2) is 0 Å². The highest BCUT2D eigenvalue weighted by atomic mass is 16.2. The quantitative estimate of drug-likeness (QED) is 0.521. The molecule has 144 valence electrons. The van der Waals surface area contributed by atoms with Gasteiger partial charge in [-0.15, -0.1) is 0 Å². The van der Waals surface area contributed by atoms with Crippen molar-refractivity contribution in [1.29, 1.82) is 0 Å². The standard InChI is InChI=1S/C24H21N3O2/c1-14(2)22-21-20(17-8-4-6-10-19(17)26-22)23(28)27(24(21)29)12-11-15-13-25-18-9-5-3-7-16(15)18/h3-10,13-14,25H,11-12H2,1-2H3. The predicted octanol–water partition coefficient (Wildman–Crippen LogP) is 4.68. The molecule has 0 unspecified atom stereocenters. The Balaban J connectivity index is 1.54. The molecule has 0 aliphatic carbocycles. The van der Waals surface area contributed by atoms with Crippen LogP contribution in [0.15, 0.2) is 54.7 Å². The molecule has 1 N–H and O–H groups in total. The van der Waals surface area contributed by atoms with Crippen LogP contribution in [0.5, 0.6) is 0 Å². The van der Waals surface area contributed by atoms with Crippen LogP contribution < -0.4 is 0 Å². The molecule has 0 bridgehead atoms. The lowest BCUT2D eigenvalue weighted by Gasteiger charge is -2.14. The number of para-hydroxylation sites is 2. The summed E-state index contributed by atoms with van der Waals surface area (Å²) in [4.78, 5) is 35.9. The van der Waals surface area contributed by atoms with Crippen LogP contribution in [0.2, 0.25) is 0 Å². The van der Waals surface area contributed by atoms with Crippen LogP contribution in [0.1, 0.15) is 51.7 Å². The van der Waals surface area contributed by atoms with E-state index in [0.29, 0.717) is 29.8 Å². The van der Waals surface area contributed by atoms with Crippen molar-refractivity contribution in [3.05, 3.63) is 77.1 Å². The number of carbonyl (C=O) groups is 2. The van der Waals surface area contributed by atoms with E-state index in [1.54, 1.807) is 0 Å². The van der Waals surface area contributed by atoms with Gasteiger partial charge in [-0.1, -0.05) is 50.2 Å². The highest BCUT2D eigenvalue weighted by molar-refractivity contribution is 6.26. The van der Waals surface area contributed by atoms with E-state index in [9.17, 15) is 9.59 Å². The van der Waals surface area contributed by atoms with E-state index in [0.717, 1.165) is 27.4 Å². The summed E-state index contributed by atoms with van der Waals surface area (Å²) in [7, 11) is 0. The van der Waals surface area contributed by atoms with Crippen molar-refractivity contribution in [2.45, 2.75) is 26.2 Å². The second-order valence-corrected chi connectivity index (χ2v) is 7.79. The summed E-state index contributed by atoms with van der Waals surface area (Å²) in [5.74, 6) is -0.393. The largest absolute Gasteiger partial charge is 0.361 e. The fraction of sp³-hybridized carbons (Fsp3) is 0.208. The number of aromatic amines is 1. The van der Waals surface area contributed by atoms with Crippen molar-refractivity contribution in [3.8, 4) is 0 Å². The minimum Gasteiger partial charge on any atom is -0.361 e. The van der Waals surface area contributed by atoms with E-state index in [1.807, 2.05) is 62.5 Å². The van der Waals surface area contributed by atoms with Gasteiger partial charge in [0.2, 0.25) is 0 Å². The van der Waals surface area contributed by atoms with Crippen LogP contribution in [0, 0.1) is 0 Å². The lowest BCUT2D eigenvalue weighted by molar-refractivity contribution is 0.0656. The van der Waals surface area contributed by atoms with Gasteiger partial charge in [0.1, 0.15) is 0 Å². The number of rotatable bonds is 4. The summed E-state index contributed by atoms with van der Waals surface area (Å²) < 4.78 is 0. The smallest absolute Gasteiger partial charge is 0.263 e. The molecule has 5 nitrogen and oxygen atoms in total. The maximum atomic E-state index is 13.3. The summed E-state index contributed by atoms with van der Waals surface area (Å²) in [5, 5.41) is 1.87. The average Bonchev–Trinajstić information content (AvgIpc) is 3.25. The zero-order chi connectivity index (χ0) is 20.1. The number of fused-ring (bicyclic) bond motifs is 4. The number of aromatic nitrogens is 2. The van der Waals surface area contributed by atoms with E-state index in [1.165, 1.54) is 4.90 Å². The van der Waals surface area contributed by atoms with Gasteiger partial charge in [-0.25, -0.2) is 0 Å². The van der Waals surface area contributed by atoms with Crippen LogP contribution >= 0.6 is 0 Å². The maximum absolute atomic E-state index is 13.3. The Hall–Kier alpha value is -3.47. The lowest BCUT2D eigenvalue weighted by Crippen LogP contribution is -2.32. The zero-order valence-electron chi connectivity index (χ0n) is 16.4. The van der Waals surface area contributed by atoms with Crippen molar-refractivity contribution >= 4 is 33.6 Å². The second kappa shape index (κ2) is 6.55. The fourth-order valence-electron chi connectivity index (χ4n) is 4.22. The molecule has 0 atom stereocenters. The molecule has 1 aliphatic heterocycles. The van der Waals surface area contributed by atoms with Gasteiger partial charge in [-0.3, -0.25) is 19.5 Å². The molecule has 0 radical (unpaired) electrons. The Morgan fingerprint density at radius 1 is 0.931 bits per heavy atom. The zero-order valence-corrected chi connectivity index (χ0v) is 16.4. The van der Waals surface area contributed by atoms with Crippen LogP contribution in [0.3, 0.4) is 0 Å². The Kier molecular flexibility index (Phi) is 3.98. The third kappa shape index (κ3) is 2.65. The van der Waals surface area contributed by atoms with Crippen molar-refractivity contribution in [1.82, 2.24) is 14.9 Å². The summed E-state index contributed by atoms with van der Waals surface area (Å²) in [5.41, 5.74) is 4.60. The van der Waals surface area contributed by atoms with Gasteiger partial charge in [-0.05, 0) is 30.0 Å². The number of imide groups is 1. The first-order chi connectivity index (χ1) is 14.1. The molecule has 5 rings (SSSR count). The normalized spacial score (nSPS) is 13.8. The van der Waals surface area contributed by atoms with E-state index in [4.69, 9.17) is 4.98 Å². The number of hydrogen-bond acceptors (Lipinski definition) is 3. The van der Waals surface area contributed by atoms with Gasteiger partial charge >= 0.3 is 0 Å². The molecule has 4 aromatic rings. The van der Waals surface area contributed by atoms with Crippen molar-refractivity contribution < 1.29 is 9.59 Å². The lowest BCUT2D eigenvalue weighted by atomic mass is 9.97. The molecule has 2 amide bonds. The van der Waals surface area contributed by atoms with Gasteiger partial charge in [0.05, 0.1) is 22.3 Å². The third-order valence-electron chi connectivity index (χ3n) is 5.67. The maximum Gasteiger partial charge on any atom is 0.263 e. The topological polar surface area (TPSA) is 66.1 Å². The minimum atomic E-state index is -0.230. The van der Waals surface area contributed by atoms with Gasteiger partial charge < -0.3 is 4.98 Å². The monoisotopic (exact) mass is 383 g/mol. The third-order valence-corrected chi connectivity index (χ3v) is 5.67. The molecular weight excluding hydrogens is 362 g/mol. The number of carbonyl (C=O) groups excluding carboxylic acids is 2. The first-order valence-electron chi connectivity index (χ1n) is 9.90. The van der Waals surface area contributed by atoms with Gasteiger partial charge in [0, 0.05) is 29.0 Å². The molecular formula is C24H21N3O2. The highest BCUT2D eigenvalue weighted by Crippen LogP contribution is 2.34. The Labute approximate surface area is 168 Å². The molecule has 0 saturated heterocycles. The minimum absolute atomic E-state index is 0.0543. The van der Waals surface area contributed by atoms with Crippen LogP contribution in [-0.4, -0.2) is 33.2 Å². The van der Waals surface area contributed by atoms with Gasteiger partial charge in [-0.2, -0.15) is 0 Å². The molecule has 0 saturated carbocycles. The van der Waals surface area contributed by atoms with E-state index in [2.05, 4.69) is 11.1 Å². The molecule has 3 heterocycles. The van der Waals surface area contributed by atoms with E-state index in [-0.39, 0.29) is 17.7 Å². The Bertz CT molecular complexity index is 1290. The number of amides is 2. The summed E-state index contributed by atoms with van der Waals surface area (Å²) in [6.45, 7) is 4.35. The molecule has 1 aliphatic rings. The number of nitrogens with zero attached hydrogens (tertiary/aromatic N) is 2. The predicted molar refractivity (Wildman–Crippen MR) is 113 cm³/mol. The van der Waals surface area contributed by atoms with E-state index < -0.39 is 0 Å². The summed E-state index contributed by atoms with van der Waals surface area (Å²) in [6, 6.07) is 15.6. The molecule has 2 aromatic heterocycles. The van der Waals surface area contributed by atoms with Crippen LogP contribution in [-0.2, 0) is 6.42 Å². The molecule has 5 heteroatoms. The first kappa shape index (κ1) is 17.6. The van der Waals surface area contributed by atoms with Crippen molar-refractivity contribution in [3.63, 3.8) is 0 Å². The molecule has 29 heavy (non-hydrogen) atoms.